The van der Waals surface area contributed by atoms with Crippen LogP contribution in [0.3, 0.4) is 0 Å². The molecule has 3 rings (SSSR count). The fraction of sp³-hybridized carbons (Fsp3) is 0.154. The number of hydrogen-bond acceptors (Lipinski definition) is 6. The lowest BCUT2D eigenvalue weighted by Crippen LogP contribution is -2.18. The highest BCUT2D eigenvalue weighted by molar-refractivity contribution is 7.89. The van der Waals surface area contributed by atoms with Gasteiger partial charge in [-0.1, -0.05) is 12.1 Å². The van der Waals surface area contributed by atoms with E-state index in [1.54, 1.807) is 41.3 Å². The number of sulfonamides is 1. The lowest BCUT2D eigenvalue weighted by molar-refractivity contribution is 0.588. The highest BCUT2D eigenvalue weighted by Crippen LogP contribution is 2.14. The van der Waals surface area contributed by atoms with E-state index in [2.05, 4.69) is 25.2 Å². The molecule has 0 aliphatic heterocycles. The number of fused-ring (bicyclic) bond motifs is 1. The molecule has 0 aliphatic rings. The van der Waals surface area contributed by atoms with Crippen molar-refractivity contribution in [3.63, 3.8) is 0 Å². The van der Waals surface area contributed by atoms with E-state index in [9.17, 15) is 8.42 Å². The second-order valence-corrected chi connectivity index (χ2v) is 6.43. The monoisotopic (exact) mass is 318 g/mol. The van der Waals surface area contributed by atoms with Gasteiger partial charge in [0.25, 0.3) is 0 Å². The van der Waals surface area contributed by atoms with E-state index in [0.717, 1.165) is 5.56 Å². The third-order valence-electron chi connectivity index (χ3n) is 3.15. The van der Waals surface area contributed by atoms with Crippen molar-refractivity contribution in [1.29, 1.82) is 0 Å². The molecule has 0 spiro atoms. The van der Waals surface area contributed by atoms with Crippen molar-refractivity contribution in [1.82, 2.24) is 24.3 Å². The molecule has 0 fully saturated rings. The maximum atomic E-state index is 11.8. The van der Waals surface area contributed by atoms with Crippen LogP contribution in [0.25, 0.3) is 5.65 Å². The molecule has 0 saturated heterocycles. The van der Waals surface area contributed by atoms with Crippen molar-refractivity contribution in [2.45, 2.75) is 11.4 Å². The summed E-state index contributed by atoms with van der Waals surface area (Å²) < 4.78 is 27.6. The molecule has 2 heterocycles. The molecule has 0 radical (unpaired) electrons. The van der Waals surface area contributed by atoms with Crippen LogP contribution in [0.5, 0.6) is 0 Å². The summed E-state index contributed by atoms with van der Waals surface area (Å²) in [5.74, 6) is 0.585. The lowest BCUT2D eigenvalue weighted by Gasteiger charge is -2.08. The first kappa shape index (κ1) is 14.4. The molecule has 22 heavy (non-hydrogen) atoms. The first-order valence-corrected chi connectivity index (χ1v) is 7.99. The highest BCUT2D eigenvalue weighted by atomic mass is 32.2. The fourth-order valence-corrected chi connectivity index (χ4v) is 2.81. The summed E-state index contributed by atoms with van der Waals surface area (Å²) in [7, 11) is -2.06. The first-order chi connectivity index (χ1) is 10.6. The molecule has 0 amide bonds. The minimum Gasteiger partial charge on any atom is -0.363 e. The Morgan fingerprint density at radius 3 is 3.00 bits per heavy atom. The Balaban J connectivity index is 1.83. The van der Waals surface area contributed by atoms with Gasteiger partial charge in [-0.25, -0.2) is 18.1 Å². The number of nitrogens with zero attached hydrogens (tertiary/aromatic N) is 4. The van der Waals surface area contributed by atoms with Crippen molar-refractivity contribution in [3.8, 4) is 0 Å². The summed E-state index contributed by atoms with van der Waals surface area (Å²) in [6.45, 7) is 0.423. The van der Waals surface area contributed by atoms with Gasteiger partial charge in [-0.15, -0.1) is 10.2 Å². The van der Waals surface area contributed by atoms with Crippen LogP contribution in [0.4, 0.5) is 5.82 Å². The Morgan fingerprint density at radius 2 is 2.18 bits per heavy atom. The molecule has 1 aromatic carbocycles. The first-order valence-electron chi connectivity index (χ1n) is 6.51. The normalized spacial score (nSPS) is 11.7. The van der Waals surface area contributed by atoms with E-state index < -0.39 is 10.0 Å². The van der Waals surface area contributed by atoms with Gasteiger partial charge in [-0.2, -0.15) is 0 Å². The van der Waals surface area contributed by atoms with Gasteiger partial charge >= 0.3 is 0 Å². The summed E-state index contributed by atoms with van der Waals surface area (Å²) in [6, 6.07) is 6.70. The third-order valence-corrected chi connectivity index (χ3v) is 4.57. The second-order valence-electron chi connectivity index (χ2n) is 4.55. The van der Waals surface area contributed by atoms with E-state index in [4.69, 9.17) is 0 Å². The van der Waals surface area contributed by atoms with Crippen LogP contribution in [0.1, 0.15) is 5.56 Å². The Bertz CT molecular complexity index is 906. The minimum absolute atomic E-state index is 0.225. The number of rotatable bonds is 5. The number of aromatic nitrogens is 4. The summed E-state index contributed by atoms with van der Waals surface area (Å²) >= 11 is 0. The topological polar surface area (TPSA) is 101 Å². The molecular weight excluding hydrogens is 304 g/mol. The molecule has 0 bridgehead atoms. The molecule has 2 N–H and O–H groups in total. The third kappa shape index (κ3) is 2.76. The number of nitrogens with one attached hydrogen (secondary N) is 2. The molecule has 2 aromatic heterocycles. The predicted octanol–water partition coefficient (Wildman–Crippen LogP) is 0.644. The minimum atomic E-state index is -3.45. The Morgan fingerprint density at radius 1 is 1.32 bits per heavy atom. The van der Waals surface area contributed by atoms with Crippen molar-refractivity contribution in [3.05, 3.63) is 48.5 Å². The van der Waals surface area contributed by atoms with Gasteiger partial charge in [0.05, 0.1) is 4.90 Å². The van der Waals surface area contributed by atoms with E-state index in [-0.39, 0.29) is 4.90 Å². The molecule has 9 heteroatoms. The van der Waals surface area contributed by atoms with Gasteiger partial charge in [0, 0.05) is 18.9 Å². The second kappa shape index (κ2) is 5.70. The van der Waals surface area contributed by atoms with Crippen LogP contribution in [-0.2, 0) is 16.6 Å². The SMILES string of the molecule is CNS(=O)(=O)c1cccc(CNc2nccn3cnnc23)c1. The van der Waals surface area contributed by atoms with E-state index >= 15 is 0 Å². The predicted molar refractivity (Wildman–Crippen MR) is 80.8 cm³/mol. The van der Waals surface area contributed by atoms with Gasteiger partial charge in [0.15, 0.2) is 5.82 Å². The zero-order valence-electron chi connectivity index (χ0n) is 11.8. The van der Waals surface area contributed by atoms with Gasteiger partial charge in [0.2, 0.25) is 15.7 Å². The smallest absolute Gasteiger partial charge is 0.240 e. The zero-order valence-corrected chi connectivity index (χ0v) is 12.6. The van der Waals surface area contributed by atoms with E-state index in [0.29, 0.717) is 18.0 Å². The Kier molecular flexibility index (Phi) is 3.73. The van der Waals surface area contributed by atoms with Gasteiger partial charge < -0.3 is 5.32 Å². The molecule has 114 valence electrons. The molecule has 3 aromatic rings. The van der Waals surface area contributed by atoms with Crippen molar-refractivity contribution in [2.75, 3.05) is 12.4 Å². The molecule has 0 unspecified atom stereocenters. The molecule has 0 saturated carbocycles. The largest absolute Gasteiger partial charge is 0.363 e. The van der Waals surface area contributed by atoms with Crippen LogP contribution < -0.4 is 10.0 Å². The van der Waals surface area contributed by atoms with Crippen molar-refractivity contribution >= 4 is 21.5 Å². The number of anilines is 1. The van der Waals surface area contributed by atoms with Crippen LogP contribution in [0.2, 0.25) is 0 Å². The quantitative estimate of drug-likeness (QED) is 0.716. The van der Waals surface area contributed by atoms with Crippen LogP contribution in [0.15, 0.2) is 47.9 Å². The van der Waals surface area contributed by atoms with Crippen LogP contribution in [0, 0.1) is 0 Å². The van der Waals surface area contributed by atoms with Crippen LogP contribution in [-0.4, -0.2) is 35.0 Å². The lowest BCUT2D eigenvalue weighted by atomic mass is 10.2. The van der Waals surface area contributed by atoms with Gasteiger partial charge in [-0.3, -0.25) is 4.40 Å². The standard InChI is InChI=1S/C13H14N6O2S/c1-14-22(20,21)11-4-2-3-10(7-11)8-16-12-13-18-17-9-19(13)6-5-15-12/h2-7,9,14H,8H2,1H3,(H,15,16). The Hall–Kier alpha value is -2.52. The molecular formula is C13H14N6O2S. The average Bonchev–Trinajstić information content (AvgIpc) is 3.02. The summed E-state index contributed by atoms with van der Waals surface area (Å²) in [5.41, 5.74) is 1.43. The number of benzene rings is 1. The maximum Gasteiger partial charge on any atom is 0.240 e. The summed E-state index contributed by atoms with van der Waals surface area (Å²) in [5, 5.41) is 10.9. The fourth-order valence-electron chi connectivity index (χ4n) is 2.01. The number of hydrogen-bond donors (Lipinski definition) is 2. The van der Waals surface area contributed by atoms with E-state index in [1.807, 2.05) is 6.07 Å². The zero-order chi connectivity index (χ0) is 15.6. The van der Waals surface area contributed by atoms with Crippen LogP contribution >= 0.6 is 0 Å². The summed E-state index contributed by atoms with van der Waals surface area (Å²) in [4.78, 5) is 4.44. The van der Waals surface area contributed by atoms with Gasteiger partial charge in [-0.05, 0) is 24.7 Å². The highest BCUT2D eigenvalue weighted by Gasteiger charge is 2.11. The summed E-state index contributed by atoms with van der Waals surface area (Å²) in [6.07, 6.45) is 4.98. The molecule has 0 atom stereocenters. The molecule has 8 nitrogen and oxygen atoms in total. The maximum absolute atomic E-state index is 11.8. The Labute approximate surface area is 127 Å². The van der Waals surface area contributed by atoms with Crippen molar-refractivity contribution < 1.29 is 8.42 Å². The van der Waals surface area contributed by atoms with E-state index in [1.165, 1.54) is 7.05 Å². The van der Waals surface area contributed by atoms with Gasteiger partial charge in [0.1, 0.15) is 6.33 Å². The average molecular weight is 318 g/mol. The molecule has 0 aliphatic carbocycles. The van der Waals surface area contributed by atoms with Crippen molar-refractivity contribution in [2.24, 2.45) is 0 Å².